The van der Waals surface area contributed by atoms with Gasteiger partial charge in [-0.3, -0.25) is 4.79 Å². The average Bonchev–Trinajstić information content (AvgIpc) is 3.00. The number of benzene rings is 2. The molecule has 1 aliphatic rings. The van der Waals surface area contributed by atoms with E-state index in [1.165, 1.54) is 14.2 Å². The van der Waals surface area contributed by atoms with E-state index in [-0.39, 0.29) is 18.1 Å². The third kappa shape index (κ3) is 3.79. The molecule has 0 atom stereocenters. The zero-order valence-electron chi connectivity index (χ0n) is 15.6. The molecule has 7 nitrogen and oxygen atoms in total. The topological polar surface area (TPSA) is 88.1 Å². The maximum Gasteiger partial charge on any atom is 0.337 e. The Morgan fingerprint density at radius 1 is 1.07 bits per heavy atom. The molecule has 0 amide bonds. The summed E-state index contributed by atoms with van der Waals surface area (Å²) in [7, 11) is 2.71. The summed E-state index contributed by atoms with van der Waals surface area (Å²) in [5, 5.41) is 0. The van der Waals surface area contributed by atoms with Crippen LogP contribution in [0.15, 0.2) is 42.2 Å². The molecule has 0 bridgehead atoms. The molecule has 0 spiro atoms. The minimum absolute atomic E-state index is 0.143. The van der Waals surface area contributed by atoms with Gasteiger partial charge in [0, 0.05) is 12.7 Å². The molecule has 0 aromatic heterocycles. The first-order chi connectivity index (χ1) is 13.4. The lowest BCUT2D eigenvalue weighted by Gasteiger charge is -2.09. The molecule has 0 unspecified atom stereocenters. The number of rotatable bonds is 5. The fraction of sp³-hybridized carbons (Fsp3) is 0.190. The summed E-state index contributed by atoms with van der Waals surface area (Å²) in [5.41, 5.74) is 2.03. The smallest absolute Gasteiger partial charge is 0.337 e. The van der Waals surface area contributed by atoms with Gasteiger partial charge in [-0.1, -0.05) is 12.1 Å². The third-order valence-electron chi connectivity index (χ3n) is 4.15. The summed E-state index contributed by atoms with van der Waals surface area (Å²) in [6.45, 7) is 1.53. The summed E-state index contributed by atoms with van der Waals surface area (Å²) in [6.07, 6.45) is 1.58. The predicted octanol–water partition coefficient (Wildman–Crippen LogP) is 2.95. The fourth-order valence-electron chi connectivity index (χ4n) is 2.73. The Balaban J connectivity index is 1.85. The Hall–Kier alpha value is -3.45. The number of fused-ring (bicyclic) bond motifs is 1. The van der Waals surface area contributed by atoms with E-state index in [0.29, 0.717) is 33.8 Å². The molecule has 0 N–H and O–H groups in total. The van der Waals surface area contributed by atoms with E-state index >= 15 is 0 Å². The van der Waals surface area contributed by atoms with Gasteiger partial charge in [-0.15, -0.1) is 0 Å². The van der Waals surface area contributed by atoms with Gasteiger partial charge < -0.3 is 18.9 Å². The number of hydrogen-bond donors (Lipinski definition) is 0. The fourth-order valence-corrected chi connectivity index (χ4v) is 2.73. The Morgan fingerprint density at radius 2 is 1.79 bits per heavy atom. The molecule has 144 valence electrons. The van der Waals surface area contributed by atoms with E-state index in [2.05, 4.69) is 4.74 Å². The molecule has 1 aliphatic heterocycles. The highest BCUT2D eigenvalue weighted by Gasteiger charge is 2.30. The normalized spacial score (nSPS) is 13.8. The summed E-state index contributed by atoms with van der Waals surface area (Å²) >= 11 is 0. The van der Waals surface area contributed by atoms with Gasteiger partial charge in [0.2, 0.25) is 5.78 Å². The van der Waals surface area contributed by atoms with E-state index < -0.39 is 11.9 Å². The van der Waals surface area contributed by atoms with Gasteiger partial charge in [-0.25, -0.2) is 9.59 Å². The number of carbonyl (C=O) groups excluding carboxylic acids is 3. The number of methoxy groups -OCH3 is 2. The molecular formula is C21H18O7. The second-order valence-corrected chi connectivity index (χ2v) is 6.03. The summed E-state index contributed by atoms with van der Waals surface area (Å²) < 4.78 is 20.4. The molecule has 0 saturated heterocycles. The van der Waals surface area contributed by atoms with Crippen LogP contribution in [0.4, 0.5) is 0 Å². The van der Waals surface area contributed by atoms with Gasteiger partial charge in [0.25, 0.3) is 0 Å². The first kappa shape index (κ1) is 19.3. The number of hydrogen-bond acceptors (Lipinski definition) is 7. The number of esters is 2. The Bertz CT molecular complexity index is 971. The van der Waals surface area contributed by atoms with E-state index in [1.807, 2.05) is 0 Å². The highest BCUT2D eigenvalue weighted by atomic mass is 16.6. The van der Waals surface area contributed by atoms with Crippen LogP contribution >= 0.6 is 0 Å². The summed E-state index contributed by atoms with van der Waals surface area (Å²) in [6, 6.07) is 9.68. The van der Waals surface area contributed by atoms with Gasteiger partial charge in [0.05, 0.1) is 18.2 Å². The molecule has 2 aromatic carbocycles. The van der Waals surface area contributed by atoms with E-state index in [9.17, 15) is 14.4 Å². The number of carbonyl (C=O) groups is 3. The van der Waals surface area contributed by atoms with Crippen molar-refractivity contribution in [2.45, 2.75) is 6.92 Å². The predicted molar refractivity (Wildman–Crippen MR) is 99.4 cm³/mol. The molecule has 0 radical (unpaired) electrons. The van der Waals surface area contributed by atoms with Crippen LogP contribution in [-0.2, 0) is 14.3 Å². The lowest BCUT2D eigenvalue weighted by Crippen LogP contribution is -2.14. The lowest BCUT2D eigenvalue weighted by atomic mass is 10.1. The maximum absolute atomic E-state index is 12.6. The van der Waals surface area contributed by atoms with Crippen LogP contribution in [0.25, 0.3) is 6.08 Å². The van der Waals surface area contributed by atoms with Crippen molar-refractivity contribution in [1.29, 1.82) is 0 Å². The van der Waals surface area contributed by atoms with Gasteiger partial charge >= 0.3 is 11.9 Å². The highest BCUT2D eigenvalue weighted by Crippen LogP contribution is 2.39. The van der Waals surface area contributed by atoms with Crippen molar-refractivity contribution in [3.8, 4) is 11.5 Å². The number of ether oxygens (including phenoxy) is 4. The first-order valence-electron chi connectivity index (χ1n) is 8.40. The van der Waals surface area contributed by atoms with Crippen molar-refractivity contribution in [3.63, 3.8) is 0 Å². The van der Waals surface area contributed by atoms with Crippen LogP contribution in [0.5, 0.6) is 11.5 Å². The zero-order chi connectivity index (χ0) is 20.3. The standard InChI is InChI=1S/C21H18O7/c1-12-16(27-18(22)11-25-2)9-8-15-19(23)17(28-20(12)15)10-13-4-6-14(7-5-13)21(24)26-3/h4-10H,11H2,1-3H3/b17-10-. The number of Topliss-reactive ketones (excluding diaryl/α,β-unsaturated/α-hetero) is 1. The average molecular weight is 382 g/mol. The highest BCUT2D eigenvalue weighted by molar-refractivity contribution is 6.15. The Kier molecular flexibility index (Phi) is 5.56. The molecular weight excluding hydrogens is 364 g/mol. The van der Waals surface area contributed by atoms with Gasteiger partial charge in [-0.05, 0) is 42.8 Å². The first-order valence-corrected chi connectivity index (χ1v) is 8.40. The van der Waals surface area contributed by atoms with Crippen LogP contribution in [0.1, 0.15) is 31.8 Å². The van der Waals surface area contributed by atoms with Crippen molar-refractivity contribution in [1.82, 2.24) is 0 Å². The van der Waals surface area contributed by atoms with Crippen molar-refractivity contribution in [2.24, 2.45) is 0 Å². The number of ketones is 1. The Labute approximate surface area is 161 Å². The van der Waals surface area contributed by atoms with E-state index in [0.717, 1.165) is 0 Å². The zero-order valence-corrected chi connectivity index (χ0v) is 15.6. The quantitative estimate of drug-likeness (QED) is 0.446. The molecule has 2 aromatic rings. The molecule has 3 rings (SSSR count). The van der Waals surface area contributed by atoms with Crippen molar-refractivity contribution in [3.05, 3.63) is 64.4 Å². The molecule has 0 saturated carbocycles. The van der Waals surface area contributed by atoms with Crippen LogP contribution in [0.2, 0.25) is 0 Å². The molecule has 1 heterocycles. The second kappa shape index (κ2) is 8.06. The van der Waals surface area contributed by atoms with Crippen LogP contribution < -0.4 is 9.47 Å². The monoisotopic (exact) mass is 382 g/mol. The minimum atomic E-state index is -0.545. The van der Waals surface area contributed by atoms with Crippen molar-refractivity contribution < 1.29 is 33.3 Å². The third-order valence-corrected chi connectivity index (χ3v) is 4.15. The van der Waals surface area contributed by atoms with Crippen LogP contribution in [0, 0.1) is 6.92 Å². The SMILES string of the molecule is COCC(=O)Oc1ccc2c(c1C)O/C(=C\c1ccc(C(=O)OC)cc1)C2=O. The molecule has 28 heavy (non-hydrogen) atoms. The van der Waals surface area contributed by atoms with Gasteiger partial charge in [0.15, 0.2) is 5.76 Å². The van der Waals surface area contributed by atoms with Gasteiger partial charge in [0.1, 0.15) is 18.1 Å². The summed E-state index contributed by atoms with van der Waals surface area (Å²) in [4.78, 5) is 35.7. The van der Waals surface area contributed by atoms with Crippen LogP contribution in [-0.4, -0.2) is 38.5 Å². The molecule has 0 fully saturated rings. The Morgan fingerprint density at radius 3 is 2.43 bits per heavy atom. The largest absolute Gasteiger partial charge is 0.465 e. The minimum Gasteiger partial charge on any atom is -0.465 e. The van der Waals surface area contributed by atoms with Crippen LogP contribution in [0.3, 0.4) is 0 Å². The van der Waals surface area contributed by atoms with E-state index in [1.54, 1.807) is 49.4 Å². The second-order valence-electron chi connectivity index (χ2n) is 6.03. The lowest BCUT2D eigenvalue weighted by molar-refractivity contribution is -0.138. The number of allylic oxidation sites excluding steroid dienone is 1. The van der Waals surface area contributed by atoms with Crippen molar-refractivity contribution >= 4 is 23.8 Å². The summed E-state index contributed by atoms with van der Waals surface area (Å²) in [5.74, 6) is -0.459. The maximum atomic E-state index is 12.6. The van der Waals surface area contributed by atoms with E-state index in [4.69, 9.17) is 14.2 Å². The van der Waals surface area contributed by atoms with Gasteiger partial charge in [-0.2, -0.15) is 0 Å². The molecule has 7 heteroatoms. The molecule has 0 aliphatic carbocycles. The van der Waals surface area contributed by atoms with Crippen molar-refractivity contribution in [2.75, 3.05) is 20.8 Å².